The maximum absolute atomic E-state index is 11.6. The number of nitrogens with one attached hydrogen (secondary N) is 2. The third-order valence-corrected chi connectivity index (χ3v) is 4.54. The highest BCUT2D eigenvalue weighted by Gasteiger charge is 2.20. The Labute approximate surface area is 143 Å². The molecule has 0 spiro atoms. The number of amides is 2. The Kier molecular flexibility index (Phi) is 7.15. The minimum atomic E-state index is -0.520. The maximum Gasteiger partial charge on any atom is 0.314 e. The van der Waals surface area contributed by atoms with Crippen LogP contribution in [0, 0.1) is 5.92 Å². The first-order chi connectivity index (χ1) is 11.0. The van der Waals surface area contributed by atoms with E-state index < -0.39 is 6.10 Å². The monoisotopic (exact) mass is 339 g/mol. The van der Waals surface area contributed by atoms with Gasteiger partial charge in [-0.1, -0.05) is 29.8 Å². The van der Waals surface area contributed by atoms with Gasteiger partial charge in [0.2, 0.25) is 0 Å². The first kappa shape index (κ1) is 18.0. The highest BCUT2D eigenvalue weighted by atomic mass is 35.5. The van der Waals surface area contributed by atoms with Crippen LogP contribution < -0.4 is 10.6 Å². The van der Waals surface area contributed by atoms with Crippen LogP contribution in [0.5, 0.6) is 0 Å². The maximum atomic E-state index is 11.6. The fraction of sp³-hybridized carbons (Fsp3) is 0.588. The Hall–Kier alpha value is -1.30. The van der Waals surface area contributed by atoms with Crippen molar-refractivity contribution in [2.24, 2.45) is 5.92 Å². The van der Waals surface area contributed by atoms with Gasteiger partial charge in [-0.3, -0.25) is 4.90 Å². The summed E-state index contributed by atoms with van der Waals surface area (Å²) in [6.07, 6.45) is 1.62. The van der Waals surface area contributed by atoms with Crippen molar-refractivity contribution < 1.29 is 9.90 Å². The number of carbonyl (C=O) groups excluding carboxylic acids is 1. The van der Waals surface area contributed by atoms with Crippen LogP contribution >= 0.6 is 11.6 Å². The molecule has 6 heteroatoms. The number of benzene rings is 1. The highest BCUT2D eigenvalue weighted by Crippen LogP contribution is 2.21. The molecule has 128 valence electrons. The molecular weight excluding hydrogens is 314 g/mol. The molecule has 0 radical (unpaired) electrons. The normalized spacial score (nSPS) is 17.7. The molecule has 3 N–H and O–H groups in total. The largest absolute Gasteiger partial charge is 0.392 e. The van der Waals surface area contributed by atoms with Gasteiger partial charge >= 0.3 is 6.03 Å². The van der Waals surface area contributed by atoms with Crippen LogP contribution in [0.4, 0.5) is 4.79 Å². The molecule has 5 nitrogen and oxygen atoms in total. The van der Waals surface area contributed by atoms with Crippen molar-refractivity contribution in [3.05, 3.63) is 34.9 Å². The van der Waals surface area contributed by atoms with Crippen molar-refractivity contribution in [1.82, 2.24) is 15.5 Å². The SMILES string of the molecule is C[C@@H](O)CNC(=O)NCC1CCN(Cc2ccccc2Cl)CC1. The van der Waals surface area contributed by atoms with E-state index in [0.717, 1.165) is 37.5 Å². The Morgan fingerprint density at radius 2 is 2.04 bits per heavy atom. The van der Waals surface area contributed by atoms with Gasteiger partial charge in [0.25, 0.3) is 0 Å². The van der Waals surface area contributed by atoms with E-state index >= 15 is 0 Å². The molecule has 1 fully saturated rings. The van der Waals surface area contributed by atoms with E-state index in [9.17, 15) is 4.79 Å². The number of halogens is 1. The van der Waals surface area contributed by atoms with Gasteiger partial charge in [-0.25, -0.2) is 4.79 Å². The van der Waals surface area contributed by atoms with E-state index in [1.807, 2.05) is 18.2 Å². The molecule has 0 saturated carbocycles. The number of nitrogens with zero attached hydrogens (tertiary/aromatic N) is 1. The fourth-order valence-corrected chi connectivity index (χ4v) is 2.95. The highest BCUT2D eigenvalue weighted by molar-refractivity contribution is 6.31. The predicted molar refractivity (Wildman–Crippen MR) is 92.5 cm³/mol. The van der Waals surface area contributed by atoms with Gasteiger partial charge in [0.05, 0.1) is 6.10 Å². The van der Waals surface area contributed by atoms with Crippen LogP contribution in [0.1, 0.15) is 25.3 Å². The van der Waals surface area contributed by atoms with Crippen LogP contribution in [0.15, 0.2) is 24.3 Å². The molecule has 1 aromatic rings. The number of likely N-dealkylation sites (tertiary alicyclic amines) is 1. The molecule has 2 amide bonds. The summed E-state index contributed by atoms with van der Waals surface area (Å²) in [6, 6.07) is 7.77. The first-order valence-corrected chi connectivity index (χ1v) is 8.58. The molecule has 0 unspecified atom stereocenters. The number of rotatable bonds is 6. The lowest BCUT2D eigenvalue weighted by atomic mass is 9.96. The molecule has 1 heterocycles. The van der Waals surface area contributed by atoms with E-state index in [1.165, 1.54) is 5.56 Å². The average Bonchev–Trinajstić information content (AvgIpc) is 2.54. The zero-order valence-corrected chi connectivity index (χ0v) is 14.4. The number of aliphatic hydroxyl groups excluding tert-OH is 1. The minimum absolute atomic E-state index is 0.204. The number of hydrogen-bond donors (Lipinski definition) is 3. The Balaban J connectivity index is 1.66. The lowest BCUT2D eigenvalue weighted by Crippen LogP contribution is -2.43. The van der Waals surface area contributed by atoms with Gasteiger partial charge in [-0.2, -0.15) is 0 Å². The Morgan fingerprint density at radius 3 is 2.70 bits per heavy atom. The van der Waals surface area contributed by atoms with Crippen LogP contribution in [0.3, 0.4) is 0 Å². The van der Waals surface area contributed by atoms with E-state index in [1.54, 1.807) is 6.92 Å². The molecule has 0 bridgehead atoms. The zero-order chi connectivity index (χ0) is 16.7. The summed E-state index contributed by atoms with van der Waals surface area (Å²) in [4.78, 5) is 14.0. The lowest BCUT2D eigenvalue weighted by molar-refractivity contribution is 0.172. The van der Waals surface area contributed by atoms with Gasteiger partial charge in [0, 0.05) is 24.7 Å². The molecular formula is C17H26ClN3O2. The van der Waals surface area contributed by atoms with Gasteiger partial charge < -0.3 is 15.7 Å². The fourth-order valence-electron chi connectivity index (χ4n) is 2.76. The predicted octanol–water partition coefficient (Wildman–Crippen LogP) is 2.23. The number of piperidine rings is 1. The third-order valence-electron chi connectivity index (χ3n) is 4.17. The summed E-state index contributed by atoms with van der Waals surface area (Å²) < 4.78 is 0. The summed E-state index contributed by atoms with van der Waals surface area (Å²) in [7, 11) is 0. The third kappa shape index (κ3) is 6.37. The average molecular weight is 340 g/mol. The second-order valence-corrected chi connectivity index (χ2v) is 6.66. The number of urea groups is 1. The molecule has 23 heavy (non-hydrogen) atoms. The molecule has 1 aliphatic heterocycles. The van der Waals surface area contributed by atoms with Crippen LogP contribution in [-0.2, 0) is 6.54 Å². The summed E-state index contributed by atoms with van der Waals surface area (Å²) >= 11 is 6.21. The molecule has 0 aromatic heterocycles. The quantitative estimate of drug-likeness (QED) is 0.744. The van der Waals surface area contributed by atoms with Crippen molar-refractivity contribution in [2.75, 3.05) is 26.2 Å². The standard InChI is InChI=1S/C17H26ClN3O2/c1-13(22)10-19-17(23)20-11-14-6-8-21(9-7-14)12-15-4-2-3-5-16(15)18/h2-5,13-14,22H,6-12H2,1H3,(H2,19,20,23)/t13-/m1/s1. The number of carbonyl (C=O) groups is 1. The van der Waals surface area contributed by atoms with E-state index in [0.29, 0.717) is 12.5 Å². The van der Waals surface area contributed by atoms with Gasteiger partial charge in [0.1, 0.15) is 0 Å². The van der Waals surface area contributed by atoms with Crippen molar-refractivity contribution >= 4 is 17.6 Å². The Morgan fingerprint density at radius 1 is 1.35 bits per heavy atom. The number of aliphatic hydroxyl groups is 1. The summed E-state index contributed by atoms with van der Waals surface area (Å²) in [5, 5.41) is 15.5. The van der Waals surface area contributed by atoms with Crippen LogP contribution in [0.25, 0.3) is 0 Å². The van der Waals surface area contributed by atoms with E-state index in [4.69, 9.17) is 16.7 Å². The van der Waals surface area contributed by atoms with Crippen LogP contribution in [0.2, 0.25) is 5.02 Å². The van der Waals surface area contributed by atoms with Gasteiger partial charge in [0.15, 0.2) is 0 Å². The lowest BCUT2D eigenvalue weighted by Gasteiger charge is -2.32. The second-order valence-electron chi connectivity index (χ2n) is 6.25. The van der Waals surface area contributed by atoms with Crippen molar-refractivity contribution in [2.45, 2.75) is 32.4 Å². The van der Waals surface area contributed by atoms with Crippen molar-refractivity contribution in [3.8, 4) is 0 Å². The first-order valence-electron chi connectivity index (χ1n) is 8.20. The van der Waals surface area contributed by atoms with Crippen molar-refractivity contribution in [1.29, 1.82) is 0 Å². The van der Waals surface area contributed by atoms with Gasteiger partial charge in [-0.05, 0) is 50.4 Å². The van der Waals surface area contributed by atoms with Gasteiger partial charge in [-0.15, -0.1) is 0 Å². The molecule has 1 aromatic carbocycles. The smallest absolute Gasteiger partial charge is 0.314 e. The topological polar surface area (TPSA) is 64.6 Å². The molecule has 1 saturated heterocycles. The summed E-state index contributed by atoms with van der Waals surface area (Å²) in [5.41, 5.74) is 1.17. The van der Waals surface area contributed by atoms with E-state index in [-0.39, 0.29) is 12.6 Å². The minimum Gasteiger partial charge on any atom is -0.392 e. The Bertz CT molecular complexity index is 502. The summed E-state index contributed by atoms with van der Waals surface area (Å²) in [6.45, 7) is 5.54. The van der Waals surface area contributed by atoms with Crippen molar-refractivity contribution in [3.63, 3.8) is 0 Å². The van der Waals surface area contributed by atoms with Crippen LogP contribution in [-0.4, -0.2) is 48.3 Å². The summed E-state index contributed by atoms with van der Waals surface area (Å²) in [5.74, 6) is 0.509. The molecule has 0 aliphatic carbocycles. The zero-order valence-electron chi connectivity index (χ0n) is 13.6. The second kappa shape index (κ2) is 9.11. The van der Waals surface area contributed by atoms with E-state index in [2.05, 4.69) is 21.6 Å². The molecule has 2 rings (SSSR count). The molecule has 1 atom stereocenters. The molecule has 1 aliphatic rings. The number of hydrogen-bond acceptors (Lipinski definition) is 3.